The highest BCUT2D eigenvalue weighted by molar-refractivity contribution is 5.49. The van der Waals surface area contributed by atoms with Crippen molar-refractivity contribution in [3.05, 3.63) is 42.0 Å². The summed E-state index contributed by atoms with van der Waals surface area (Å²) in [6, 6.07) is 6.06. The van der Waals surface area contributed by atoms with Crippen LogP contribution in [-0.4, -0.2) is 31.3 Å². The number of rotatable bonds is 4. The average Bonchev–Trinajstić information content (AvgIpc) is 2.92. The van der Waals surface area contributed by atoms with Crippen molar-refractivity contribution >= 4 is 11.5 Å². The van der Waals surface area contributed by atoms with Crippen molar-refractivity contribution in [1.29, 1.82) is 0 Å². The minimum absolute atomic E-state index is 0.678. The van der Waals surface area contributed by atoms with Crippen LogP contribution in [0.1, 0.15) is 11.3 Å². The number of nitrogens with zero attached hydrogens (tertiary/aromatic N) is 2. The van der Waals surface area contributed by atoms with Gasteiger partial charge in [-0.15, -0.1) is 0 Å². The molecule has 3 rings (SSSR count). The Bertz CT molecular complexity index is 545. The Morgan fingerprint density at radius 2 is 2.10 bits per heavy atom. The monoisotopic (exact) mass is 273 g/mol. The van der Waals surface area contributed by atoms with E-state index >= 15 is 0 Å². The minimum Gasteiger partial charge on any atom is -0.467 e. The van der Waals surface area contributed by atoms with Gasteiger partial charge in [-0.05, 0) is 30.7 Å². The van der Waals surface area contributed by atoms with Crippen LogP contribution in [0.2, 0.25) is 0 Å². The molecule has 0 spiro atoms. The normalized spacial score (nSPS) is 15.3. The van der Waals surface area contributed by atoms with Crippen LogP contribution in [0.5, 0.6) is 0 Å². The number of morpholine rings is 1. The molecule has 20 heavy (non-hydrogen) atoms. The summed E-state index contributed by atoms with van der Waals surface area (Å²) in [7, 11) is 0. The van der Waals surface area contributed by atoms with E-state index in [2.05, 4.69) is 21.3 Å². The molecule has 0 saturated carbocycles. The van der Waals surface area contributed by atoms with Gasteiger partial charge < -0.3 is 19.4 Å². The first-order valence-corrected chi connectivity index (χ1v) is 6.88. The number of hydrogen-bond donors (Lipinski definition) is 1. The number of nitrogens with one attached hydrogen (secondary N) is 1. The van der Waals surface area contributed by atoms with Gasteiger partial charge in [0, 0.05) is 13.1 Å². The molecule has 3 heterocycles. The van der Waals surface area contributed by atoms with E-state index in [9.17, 15) is 0 Å². The molecule has 0 aromatic carbocycles. The maximum absolute atomic E-state index is 5.40. The highest BCUT2D eigenvalue weighted by Crippen LogP contribution is 2.17. The predicted octanol–water partition coefficient (Wildman–Crippen LogP) is 2.43. The summed E-state index contributed by atoms with van der Waals surface area (Å²) in [5, 5.41) is 3.32. The molecule has 0 amide bonds. The molecule has 1 aliphatic rings. The first-order valence-electron chi connectivity index (χ1n) is 6.88. The Balaban J connectivity index is 1.59. The lowest BCUT2D eigenvalue weighted by atomic mass is 10.3. The largest absolute Gasteiger partial charge is 0.467 e. The number of furan rings is 1. The zero-order valence-electron chi connectivity index (χ0n) is 11.6. The molecule has 0 unspecified atom stereocenters. The highest BCUT2D eigenvalue weighted by Gasteiger charge is 2.11. The van der Waals surface area contributed by atoms with E-state index in [-0.39, 0.29) is 0 Å². The van der Waals surface area contributed by atoms with Gasteiger partial charge in [0.15, 0.2) is 0 Å². The van der Waals surface area contributed by atoms with Gasteiger partial charge in [-0.25, -0.2) is 4.98 Å². The van der Waals surface area contributed by atoms with Crippen molar-refractivity contribution in [3.8, 4) is 0 Å². The van der Waals surface area contributed by atoms with Gasteiger partial charge in [0.2, 0.25) is 0 Å². The molecule has 1 saturated heterocycles. The fourth-order valence-corrected chi connectivity index (χ4v) is 2.24. The lowest BCUT2D eigenvalue weighted by Gasteiger charge is -2.27. The number of aromatic nitrogens is 1. The lowest BCUT2D eigenvalue weighted by molar-refractivity contribution is 0.122. The Hall–Kier alpha value is -2.01. The van der Waals surface area contributed by atoms with E-state index in [4.69, 9.17) is 9.15 Å². The van der Waals surface area contributed by atoms with Gasteiger partial charge in [-0.1, -0.05) is 0 Å². The molecule has 1 aliphatic heterocycles. The molecular formula is C15H19N3O2. The van der Waals surface area contributed by atoms with Crippen LogP contribution >= 0.6 is 0 Å². The van der Waals surface area contributed by atoms with Crippen molar-refractivity contribution in [3.63, 3.8) is 0 Å². The summed E-state index contributed by atoms with van der Waals surface area (Å²) in [6.45, 7) is 6.09. The van der Waals surface area contributed by atoms with Gasteiger partial charge in [-0.3, -0.25) is 0 Å². The molecule has 1 N–H and O–H groups in total. The van der Waals surface area contributed by atoms with Crippen molar-refractivity contribution in [2.75, 3.05) is 36.5 Å². The van der Waals surface area contributed by atoms with E-state index in [0.717, 1.165) is 49.1 Å². The van der Waals surface area contributed by atoms with E-state index < -0.39 is 0 Å². The first kappa shape index (κ1) is 13.0. The second-order valence-corrected chi connectivity index (χ2v) is 4.88. The summed E-state index contributed by atoms with van der Waals surface area (Å²) < 4.78 is 10.7. The number of hydrogen-bond acceptors (Lipinski definition) is 5. The van der Waals surface area contributed by atoms with Crippen LogP contribution in [0.3, 0.4) is 0 Å². The molecule has 1 fully saturated rings. The summed E-state index contributed by atoms with van der Waals surface area (Å²) >= 11 is 0. The van der Waals surface area contributed by atoms with E-state index in [0.29, 0.717) is 6.54 Å². The van der Waals surface area contributed by atoms with Crippen LogP contribution < -0.4 is 10.2 Å². The van der Waals surface area contributed by atoms with E-state index in [1.807, 2.05) is 25.3 Å². The molecule has 5 nitrogen and oxygen atoms in total. The molecule has 0 bridgehead atoms. The van der Waals surface area contributed by atoms with Gasteiger partial charge in [0.05, 0.1) is 37.9 Å². The molecule has 0 atom stereocenters. The Labute approximate surface area is 118 Å². The van der Waals surface area contributed by atoms with Gasteiger partial charge in [0.1, 0.15) is 11.6 Å². The fourth-order valence-electron chi connectivity index (χ4n) is 2.24. The molecule has 106 valence electrons. The molecule has 0 aliphatic carbocycles. The second-order valence-electron chi connectivity index (χ2n) is 4.88. The van der Waals surface area contributed by atoms with Crippen LogP contribution in [0, 0.1) is 6.92 Å². The lowest BCUT2D eigenvalue weighted by Crippen LogP contribution is -2.36. The summed E-state index contributed by atoms with van der Waals surface area (Å²) in [6.07, 6.45) is 3.58. The third kappa shape index (κ3) is 2.93. The molecule has 2 aromatic rings. The summed E-state index contributed by atoms with van der Waals surface area (Å²) in [4.78, 5) is 6.74. The highest BCUT2D eigenvalue weighted by atomic mass is 16.5. The first-order chi connectivity index (χ1) is 9.83. The van der Waals surface area contributed by atoms with Crippen LogP contribution in [0.25, 0.3) is 0 Å². The molecule has 2 aromatic heterocycles. The Morgan fingerprint density at radius 1 is 1.25 bits per heavy atom. The zero-order chi connectivity index (χ0) is 13.8. The van der Waals surface area contributed by atoms with Gasteiger partial charge in [-0.2, -0.15) is 0 Å². The number of pyridine rings is 1. The van der Waals surface area contributed by atoms with Crippen LogP contribution in [0.4, 0.5) is 11.5 Å². The molecule has 0 radical (unpaired) electrons. The quantitative estimate of drug-likeness (QED) is 0.927. The smallest absolute Gasteiger partial charge is 0.128 e. The summed E-state index contributed by atoms with van der Waals surface area (Å²) in [5.74, 6) is 1.97. The van der Waals surface area contributed by atoms with Gasteiger partial charge >= 0.3 is 0 Å². The van der Waals surface area contributed by atoms with Crippen molar-refractivity contribution in [1.82, 2.24) is 4.98 Å². The van der Waals surface area contributed by atoms with Crippen LogP contribution in [-0.2, 0) is 11.3 Å². The molecular weight excluding hydrogens is 254 g/mol. The van der Waals surface area contributed by atoms with E-state index in [1.54, 1.807) is 6.26 Å². The zero-order valence-corrected chi connectivity index (χ0v) is 11.6. The third-order valence-corrected chi connectivity index (χ3v) is 3.50. The SMILES string of the molecule is Cc1ccoc1CNc1ccc(N2CCOCC2)nc1. The Kier molecular flexibility index (Phi) is 3.87. The number of ether oxygens (including phenoxy) is 1. The van der Waals surface area contributed by atoms with E-state index in [1.165, 1.54) is 0 Å². The van der Waals surface area contributed by atoms with Crippen molar-refractivity contribution < 1.29 is 9.15 Å². The van der Waals surface area contributed by atoms with Crippen LogP contribution in [0.15, 0.2) is 35.1 Å². The average molecular weight is 273 g/mol. The fraction of sp³-hybridized carbons (Fsp3) is 0.400. The minimum atomic E-state index is 0.678. The third-order valence-electron chi connectivity index (χ3n) is 3.50. The Morgan fingerprint density at radius 3 is 2.75 bits per heavy atom. The maximum Gasteiger partial charge on any atom is 0.128 e. The standard InChI is InChI=1S/C15H19N3O2/c1-12-4-7-20-14(12)11-16-13-2-3-15(17-10-13)18-5-8-19-9-6-18/h2-4,7,10,16H,5-6,8-9,11H2,1H3. The molecule has 5 heteroatoms. The number of anilines is 2. The van der Waals surface area contributed by atoms with Gasteiger partial charge in [0.25, 0.3) is 0 Å². The van der Waals surface area contributed by atoms with Crippen molar-refractivity contribution in [2.45, 2.75) is 13.5 Å². The second kappa shape index (κ2) is 5.96. The summed E-state index contributed by atoms with van der Waals surface area (Å²) in [5.41, 5.74) is 2.16. The predicted molar refractivity (Wildman–Crippen MR) is 78.0 cm³/mol. The number of aryl methyl sites for hydroxylation is 1. The topological polar surface area (TPSA) is 50.5 Å². The van der Waals surface area contributed by atoms with Crippen molar-refractivity contribution in [2.24, 2.45) is 0 Å². The maximum atomic E-state index is 5.40.